The van der Waals surface area contributed by atoms with Crippen LogP contribution in [0.15, 0.2) is 0 Å². The van der Waals surface area contributed by atoms with Gasteiger partial charge >= 0.3 is 5.97 Å². The predicted octanol–water partition coefficient (Wildman–Crippen LogP) is 9.79. The molecule has 0 saturated heterocycles. The van der Waals surface area contributed by atoms with Crippen LogP contribution in [0.4, 0.5) is 0 Å². The molecule has 180 valence electrons. The van der Waals surface area contributed by atoms with E-state index in [4.69, 9.17) is 4.74 Å². The molecule has 0 aromatic heterocycles. The fourth-order valence-electron chi connectivity index (χ4n) is 4.38. The van der Waals surface area contributed by atoms with Crippen LogP contribution >= 0.6 is 0 Å². The van der Waals surface area contributed by atoms with Gasteiger partial charge in [0.1, 0.15) is 0 Å². The summed E-state index contributed by atoms with van der Waals surface area (Å²) >= 11 is 0. The molecule has 1 atom stereocenters. The molecule has 0 aliphatic carbocycles. The Morgan fingerprint density at radius 2 is 0.800 bits per heavy atom. The molecule has 1 unspecified atom stereocenters. The number of methoxy groups -OCH3 is 1. The lowest BCUT2D eigenvalue weighted by Gasteiger charge is -2.08. The number of hydrogen-bond donors (Lipinski definition) is 0. The average molecular weight is 425 g/mol. The van der Waals surface area contributed by atoms with Crippen molar-refractivity contribution in [2.45, 2.75) is 162 Å². The minimum atomic E-state index is -0.0569. The third-order valence-corrected chi connectivity index (χ3v) is 6.59. The van der Waals surface area contributed by atoms with Gasteiger partial charge in [-0.15, -0.1) is 0 Å². The second kappa shape index (κ2) is 24.7. The van der Waals surface area contributed by atoms with Gasteiger partial charge in [-0.2, -0.15) is 0 Å². The van der Waals surface area contributed by atoms with Crippen LogP contribution in [0.1, 0.15) is 162 Å². The van der Waals surface area contributed by atoms with E-state index in [0.717, 1.165) is 12.8 Å². The van der Waals surface area contributed by atoms with Gasteiger partial charge in [-0.25, -0.2) is 0 Å². The number of carbonyl (C=O) groups is 1. The molecule has 0 aliphatic heterocycles. The maximum atomic E-state index is 11.3. The molecule has 2 heteroatoms. The molecule has 0 heterocycles. The maximum absolute atomic E-state index is 11.3. The summed E-state index contributed by atoms with van der Waals surface area (Å²) in [6.07, 6.45) is 32.1. The molecule has 0 N–H and O–H groups in total. The maximum Gasteiger partial charge on any atom is 0.308 e. The summed E-state index contributed by atoms with van der Waals surface area (Å²) in [5.41, 5.74) is 0. The SMILES string of the molecule is CCCCCCCCCCCCCCCCCCCCCCCCC(C)C(=O)OC. The number of esters is 1. The topological polar surface area (TPSA) is 26.3 Å². The molecule has 0 amide bonds. The number of unbranched alkanes of at least 4 members (excludes halogenated alkanes) is 21. The molecular weight excluding hydrogens is 368 g/mol. The highest BCUT2D eigenvalue weighted by Crippen LogP contribution is 2.16. The highest BCUT2D eigenvalue weighted by Gasteiger charge is 2.11. The number of rotatable bonds is 24. The summed E-state index contributed by atoms with van der Waals surface area (Å²) in [6.45, 7) is 4.27. The van der Waals surface area contributed by atoms with Crippen molar-refractivity contribution < 1.29 is 9.53 Å². The van der Waals surface area contributed by atoms with Gasteiger partial charge in [0.15, 0.2) is 0 Å². The van der Waals surface area contributed by atoms with E-state index in [1.165, 1.54) is 142 Å². The highest BCUT2D eigenvalue weighted by molar-refractivity contribution is 5.71. The fraction of sp³-hybridized carbons (Fsp3) is 0.964. The largest absolute Gasteiger partial charge is 0.469 e. The summed E-state index contributed by atoms with van der Waals surface area (Å²) in [5.74, 6) is 0.0126. The molecule has 30 heavy (non-hydrogen) atoms. The minimum absolute atomic E-state index is 0.0569. The summed E-state index contributed by atoms with van der Waals surface area (Å²) < 4.78 is 4.77. The predicted molar refractivity (Wildman–Crippen MR) is 133 cm³/mol. The van der Waals surface area contributed by atoms with Gasteiger partial charge in [0.25, 0.3) is 0 Å². The third-order valence-electron chi connectivity index (χ3n) is 6.59. The van der Waals surface area contributed by atoms with Crippen LogP contribution in [0.25, 0.3) is 0 Å². The Morgan fingerprint density at radius 1 is 0.533 bits per heavy atom. The molecule has 0 aliphatic rings. The fourth-order valence-corrected chi connectivity index (χ4v) is 4.38. The minimum Gasteiger partial charge on any atom is -0.469 e. The van der Waals surface area contributed by atoms with Crippen molar-refractivity contribution in [1.82, 2.24) is 0 Å². The van der Waals surface area contributed by atoms with Crippen LogP contribution in [0.5, 0.6) is 0 Å². The normalized spacial score (nSPS) is 12.2. The Morgan fingerprint density at radius 3 is 1.07 bits per heavy atom. The Bertz CT molecular complexity index is 340. The van der Waals surface area contributed by atoms with Crippen LogP contribution in [0.3, 0.4) is 0 Å². The van der Waals surface area contributed by atoms with Crippen LogP contribution in [0, 0.1) is 5.92 Å². The summed E-state index contributed by atoms with van der Waals surface area (Å²) in [4.78, 5) is 11.3. The molecule has 2 nitrogen and oxygen atoms in total. The van der Waals surface area contributed by atoms with E-state index >= 15 is 0 Å². The zero-order valence-corrected chi connectivity index (χ0v) is 21.2. The Balaban J connectivity index is 3.07. The summed E-state index contributed by atoms with van der Waals surface area (Å²) in [5, 5.41) is 0. The molecule has 0 rings (SSSR count). The lowest BCUT2D eigenvalue weighted by Crippen LogP contribution is -2.12. The third kappa shape index (κ3) is 22.2. The number of carbonyl (C=O) groups excluding carboxylic acids is 1. The number of ether oxygens (including phenoxy) is 1. The second-order valence-corrected chi connectivity index (χ2v) is 9.64. The van der Waals surface area contributed by atoms with Gasteiger partial charge < -0.3 is 4.74 Å². The monoisotopic (exact) mass is 424 g/mol. The molecule has 0 saturated carbocycles. The molecule has 0 spiro atoms. The zero-order valence-electron chi connectivity index (χ0n) is 21.2. The second-order valence-electron chi connectivity index (χ2n) is 9.64. The van der Waals surface area contributed by atoms with E-state index in [1.807, 2.05) is 6.92 Å². The Kier molecular flexibility index (Phi) is 24.3. The first-order chi connectivity index (χ1) is 14.7. The molecule has 0 aromatic rings. The Labute approximate surface area is 190 Å². The summed E-state index contributed by atoms with van der Waals surface area (Å²) in [7, 11) is 1.48. The van der Waals surface area contributed by atoms with Crippen LogP contribution in [-0.2, 0) is 9.53 Å². The Hall–Kier alpha value is -0.530. The molecule has 0 fully saturated rings. The lowest BCUT2D eigenvalue weighted by molar-refractivity contribution is -0.145. The average Bonchev–Trinajstić information content (AvgIpc) is 2.76. The van der Waals surface area contributed by atoms with Crippen LogP contribution < -0.4 is 0 Å². The van der Waals surface area contributed by atoms with Crippen molar-refractivity contribution in [3.63, 3.8) is 0 Å². The standard InChI is InChI=1S/C28H56O2/c1-4-5-6-7-8-9-10-11-12-13-14-15-16-17-18-19-20-21-22-23-24-25-26-27(2)28(29)30-3/h27H,4-26H2,1-3H3. The van der Waals surface area contributed by atoms with E-state index in [0.29, 0.717) is 0 Å². The molecular formula is C28H56O2. The highest BCUT2D eigenvalue weighted by atomic mass is 16.5. The van der Waals surface area contributed by atoms with Crippen molar-refractivity contribution in [2.75, 3.05) is 7.11 Å². The van der Waals surface area contributed by atoms with Crippen molar-refractivity contribution in [3.05, 3.63) is 0 Å². The van der Waals surface area contributed by atoms with Crippen molar-refractivity contribution in [2.24, 2.45) is 5.92 Å². The van der Waals surface area contributed by atoms with Crippen molar-refractivity contribution in [1.29, 1.82) is 0 Å². The van der Waals surface area contributed by atoms with Gasteiger partial charge in [-0.05, 0) is 6.42 Å². The first-order valence-electron chi connectivity index (χ1n) is 13.8. The zero-order chi connectivity index (χ0) is 22.1. The lowest BCUT2D eigenvalue weighted by atomic mass is 10.0. The molecule has 0 bridgehead atoms. The first-order valence-corrected chi connectivity index (χ1v) is 13.8. The molecule has 0 aromatic carbocycles. The van der Waals surface area contributed by atoms with Crippen molar-refractivity contribution >= 4 is 5.97 Å². The van der Waals surface area contributed by atoms with E-state index < -0.39 is 0 Å². The van der Waals surface area contributed by atoms with Gasteiger partial charge in [0.05, 0.1) is 13.0 Å². The van der Waals surface area contributed by atoms with E-state index in [9.17, 15) is 4.79 Å². The van der Waals surface area contributed by atoms with Crippen molar-refractivity contribution in [3.8, 4) is 0 Å². The van der Waals surface area contributed by atoms with E-state index in [-0.39, 0.29) is 11.9 Å². The van der Waals surface area contributed by atoms with Crippen LogP contribution in [0.2, 0.25) is 0 Å². The van der Waals surface area contributed by atoms with Gasteiger partial charge in [-0.3, -0.25) is 4.79 Å². The first kappa shape index (κ1) is 29.5. The van der Waals surface area contributed by atoms with E-state index in [2.05, 4.69) is 6.92 Å². The molecule has 0 radical (unpaired) electrons. The van der Waals surface area contributed by atoms with Crippen LogP contribution in [-0.4, -0.2) is 13.1 Å². The van der Waals surface area contributed by atoms with Gasteiger partial charge in [0.2, 0.25) is 0 Å². The van der Waals surface area contributed by atoms with Gasteiger partial charge in [0, 0.05) is 0 Å². The summed E-state index contributed by atoms with van der Waals surface area (Å²) in [6, 6.07) is 0. The quantitative estimate of drug-likeness (QED) is 0.114. The van der Waals surface area contributed by atoms with E-state index in [1.54, 1.807) is 0 Å². The van der Waals surface area contributed by atoms with Gasteiger partial charge in [-0.1, -0.05) is 155 Å². The number of hydrogen-bond acceptors (Lipinski definition) is 2. The smallest absolute Gasteiger partial charge is 0.308 e.